The van der Waals surface area contributed by atoms with E-state index in [-0.39, 0.29) is 0 Å². The molecular weight excluding hydrogens is 350 g/mol. The van der Waals surface area contributed by atoms with Gasteiger partial charge >= 0.3 is 0 Å². The van der Waals surface area contributed by atoms with Gasteiger partial charge in [0, 0.05) is 42.2 Å². The second-order valence-electron chi connectivity index (χ2n) is 6.85. The van der Waals surface area contributed by atoms with E-state index in [0.717, 1.165) is 29.8 Å². The zero-order valence-corrected chi connectivity index (χ0v) is 16.1. The van der Waals surface area contributed by atoms with Gasteiger partial charge in [0.15, 0.2) is 0 Å². The van der Waals surface area contributed by atoms with Crippen LogP contribution in [0.4, 0.5) is 0 Å². The van der Waals surface area contributed by atoms with Gasteiger partial charge in [-0.1, -0.05) is 49.3 Å². The van der Waals surface area contributed by atoms with E-state index in [0.29, 0.717) is 24.1 Å². The highest BCUT2D eigenvalue weighted by Crippen LogP contribution is 2.30. The average Bonchev–Trinajstić information content (AvgIpc) is 3.40. The lowest BCUT2D eigenvalue weighted by Crippen LogP contribution is -2.08. The van der Waals surface area contributed by atoms with Crippen LogP contribution in [-0.4, -0.2) is 24.7 Å². The number of imidazole rings is 1. The summed E-state index contributed by atoms with van der Waals surface area (Å²) in [6.07, 6.45) is 7.09. The van der Waals surface area contributed by atoms with E-state index in [1.54, 1.807) is 12.4 Å². The molecule has 4 aromatic rings. The molecule has 6 heteroatoms. The van der Waals surface area contributed by atoms with Gasteiger partial charge < -0.3 is 9.09 Å². The first-order chi connectivity index (χ1) is 13.8. The molecule has 3 heterocycles. The highest BCUT2D eigenvalue weighted by Gasteiger charge is 2.18. The van der Waals surface area contributed by atoms with Crippen LogP contribution in [0.5, 0.6) is 0 Å². The number of aromatic nitrogens is 5. The molecule has 0 fully saturated rings. The van der Waals surface area contributed by atoms with Crippen molar-refractivity contribution in [3.05, 3.63) is 72.8 Å². The van der Waals surface area contributed by atoms with Gasteiger partial charge in [-0.3, -0.25) is 4.98 Å². The summed E-state index contributed by atoms with van der Waals surface area (Å²) in [6, 6.07) is 14.1. The first-order valence-electron chi connectivity index (χ1n) is 9.59. The molecule has 28 heavy (non-hydrogen) atoms. The predicted octanol–water partition coefficient (Wildman–Crippen LogP) is 4.75. The Morgan fingerprint density at radius 2 is 1.89 bits per heavy atom. The minimum absolute atomic E-state index is 0.409. The topological polar surface area (TPSA) is 69.6 Å². The summed E-state index contributed by atoms with van der Waals surface area (Å²) in [5.74, 6) is 1.59. The van der Waals surface area contributed by atoms with Crippen LogP contribution in [0.15, 0.2) is 65.7 Å². The molecule has 142 valence electrons. The molecule has 0 aliphatic carbocycles. The zero-order chi connectivity index (χ0) is 19.3. The lowest BCUT2D eigenvalue weighted by atomic mass is 9.99. The predicted molar refractivity (Wildman–Crippen MR) is 108 cm³/mol. The van der Waals surface area contributed by atoms with Crippen molar-refractivity contribution < 1.29 is 4.52 Å². The van der Waals surface area contributed by atoms with Crippen molar-refractivity contribution in [3.63, 3.8) is 0 Å². The molecule has 0 saturated carbocycles. The summed E-state index contributed by atoms with van der Waals surface area (Å²) in [5, 5.41) is 4.07. The maximum absolute atomic E-state index is 5.44. The van der Waals surface area contributed by atoms with E-state index in [1.807, 2.05) is 36.7 Å². The van der Waals surface area contributed by atoms with Gasteiger partial charge in [0.1, 0.15) is 0 Å². The van der Waals surface area contributed by atoms with Crippen molar-refractivity contribution in [2.75, 3.05) is 0 Å². The third-order valence-electron chi connectivity index (χ3n) is 4.96. The van der Waals surface area contributed by atoms with Gasteiger partial charge in [0.05, 0.1) is 12.0 Å². The highest BCUT2D eigenvalue weighted by atomic mass is 16.5. The normalized spacial score (nSPS) is 12.2. The minimum atomic E-state index is 0.409. The first kappa shape index (κ1) is 18.1. The first-order valence-corrected chi connectivity index (χ1v) is 9.59. The Labute approximate surface area is 164 Å². The van der Waals surface area contributed by atoms with E-state index in [1.165, 1.54) is 5.69 Å². The number of benzene rings is 1. The number of nitrogens with zero attached hydrogens (tertiary/aromatic N) is 5. The molecule has 0 saturated heterocycles. The van der Waals surface area contributed by atoms with Crippen molar-refractivity contribution in [2.45, 2.75) is 39.2 Å². The SMILES string of the molecule is CC[C@H](C)c1c(-c2ccccc2)ncn1CCc1nc(-c2cccnc2)no1. The van der Waals surface area contributed by atoms with Gasteiger partial charge in [0.2, 0.25) is 11.7 Å². The average molecular weight is 373 g/mol. The summed E-state index contributed by atoms with van der Waals surface area (Å²) in [4.78, 5) is 13.3. The third kappa shape index (κ3) is 3.71. The Balaban J connectivity index is 1.55. The number of pyridine rings is 1. The van der Waals surface area contributed by atoms with Crippen LogP contribution in [0.2, 0.25) is 0 Å². The molecule has 0 aliphatic heterocycles. The van der Waals surface area contributed by atoms with Gasteiger partial charge in [-0.2, -0.15) is 4.98 Å². The van der Waals surface area contributed by atoms with Crippen LogP contribution < -0.4 is 0 Å². The molecule has 3 aromatic heterocycles. The summed E-state index contributed by atoms with van der Waals surface area (Å²) < 4.78 is 7.65. The van der Waals surface area contributed by atoms with Crippen LogP contribution in [-0.2, 0) is 13.0 Å². The molecule has 0 unspecified atom stereocenters. The smallest absolute Gasteiger partial charge is 0.228 e. The Hall–Kier alpha value is -3.28. The fraction of sp³-hybridized carbons (Fsp3) is 0.273. The Bertz CT molecular complexity index is 1020. The van der Waals surface area contributed by atoms with Crippen molar-refractivity contribution in [2.24, 2.45) is 0 Å². The fourth-order valence-electron chi connectivity index (χ4n) is 3.28. The van der Waals surface area contributed by atoms with Crippen LogP contribution in [0.1, 0.15) is 37.8 Å². The van der Waals surface area contributed by atoms with Crippen LogP contribution >= 0.6 is 0 Å². The van der Waals surface area contributed by atoms with Crippen molar-refractivity contribution >= 4 is 0 Å². The number of aryl methyl sites for hydroxylation is 2. The fourth-order valence-corrected chi connectivity index (χ4v) is 3.28. The van der Waals surface area contributed by atoms with Crippen LogP contribution in [0.25, 0.3) is 22.6 Å². The number of hydrogen-bond donors (Lipinski definition) is 0. The molecule has 0 radical (unpaired) electrons. The molecular formula is C22H23N5O. The molecule has 0 N–H and O–H groups in total. The second-order valence-corrected chi connectivity index (χ2v) is 6.85. The number of rotatable bonds is 7. The molecule has 1 aromatic carbocycles. The maximum atomic E-state index is 5.44. The largest absolute Gasteiger partial charge is 0.339 e. The van der Waals surface area contributed by atoms with Crippen LogP contribution in [0.3, 0.4) is 0 Å². The monoisotopic (exact) mass is 373 g/mol. The molecule has 1 atom stereocenters. The van der Waals surface area contributed by atoms with E-state index in [2.05, 4.69) is 45.7 Å². The maximum Gasteiger partial charge on any atom is 0.228 e. The van der Waals surface area contributed by atoms with Crippen molar-refractivity contribution in [1.29, 1.82) is 0 Å². The van der Waals surface area contributed by atoms with E-state index < -0.39 is 0 Å². The quantitative estimate of drug-likeness (QED) is 0.467. The lowest BCUT2D eigenvalue weighted by molar-refractivity contribution is 0.371. The van der Waals surface area contributed by atoms with E-state index in [9.17, 15) is 0 Å². The lowest BCUT2D eigenvalue weighted by Gasteiger charge is -2.15. The second kappa shape index (κ2) is 8.17. The molecule has 6 nitrogen and oxygen atoms in total. The van der Waals surface area contributed by atoms with Crippen molar-refractivity contribution in [3.8, 4) is 22.6 Å². The standard InChI is InChI=1S/C22H23N5O/c1-3-16(2)21-20(17-8-5-4-6-9-17)24-15-27(21)13-11-19-25-22(26-28-19)18-10-7-12-23-14-18/h4-10,12,14-16H,3,11,13H2,1-2H3/t16-/m0/s1. The number of hydrogen-bond acceptors (Lipinski definition) is 5. The van der Waals surface area contributed by atoms with Gasteiger partial charge in [-0.05, 0) is 24.5 Å². The molecule has 0 bridgehead atoms. The Kier molecular flexibility index (Phi) is 5.28. The summed E-state index contributed by atoms with van der Waals surface area (Å²) >= 11 is 0. The van der Waals surface area contributed by atoms with Gasteiger partial charge in [-0.25, -0.2) is 4.98 Å². The highest BCUT2D eigenvalue weighted by molar-refractivity contribution is 5.62. The van der Waals surface area contributed by atoms with Crippen molar-refractivity contribution in [1.82, 2.24) is 24.7 Å². The Morgan fingerprint density at radius 1 is 1.07 bits per heavy atom. The minimum Gasteiger partial charge on any atom is -0.339 e. The van der Waals surface area contributed by atoms with Gasteiger partial charge in [0.25, 0.3) is 0 Å². The molecule has 0 amide bonds. The van der Waals surface area contributed by atoms with E-state index >= 15 is 0 Å². The summed E-state index contributed by atoms with van der Waals surface area (Å²) in [5.41, 5.74) is 4.30. The Morgan fingerprint density at radius 3 is 2.64 bits per heavy atom. The molecule has 4 rings (SSSR count). The summed E-state index contributed by atoms with van der Waals surface area (Å²) in [6.45, 7) is 5.19. The molecule has 0 aliphatic rings. The summed E-state index contributed by atoms with van der Waals surface area (Å²) in [7, 11) is 0. The van der Waals surface area contributed by atoms with E-state index in [4.69, 9.17) is 9.51 Å². The third-order valence-corrected chi connectivity index (χ3v) is 4.96. The van der Waals surface area contributed by atoms with Crippen LogP contribution in [0, 0.1) is 0 Å². The van der Waals surface area contributed by atoms with Gasteiger partial charge in [-0.15, -0.1) is 0 Å². The molecule has 0 spiro atoms. The zero-order valence-electron chi connectivity index (χ0n) is 16.1.